The van der Waals surface area contributed by atoms with E-state index in [2.05, 4.69) is 42.4 Å². The van der Waals surface area contributed by atoms with Gasteiger partial charge in [-0.1, -0.05) is 43.9 Å². The van der Waals surface area contributed by atoms with Crippen molar-refractivity contribution in [1.29, 1.82) is 0 Å². The summed E-state index contributed by atoms with van der Waals surface area (Å²) in [7, 11) is 2.19. The fourth-order valence-electron chi connectivity index (χ4n) is 3.18. The lowest BCUT2D eigenvalue weighted by atomic mass is 9.89. The maximum atomic E-state index is 6.43. The van der Waals surface area contributed by atoms with Crippen molar-refractivity contribution >= 4 is 17.3 Å². The normalized spacial score (nSPS) is 16.1. The molecule has 0 atom stereocenters. The summed E-state index contributed by atoms with van der Waals surface area (Å²) in [5, 5.41) is 4.29. The highest BCUT2D eigenvalue weighted by Crippen LogP contribution is 2.28. The van der Waals surface area contributed by atoms with Gasteiger partial charge in [0.25, 0.3) is 0 Å². The van der Waals surface area contributed by atoms with Crippen molar-refractivity contribution in [2.75, 3.05) is 25.0 Å². The van der Waals surface area contributed by atoms with Gasteiger partial charge in [-0.15, -0.1) is 0 Å². The quantitative estimate of drug-likeness (QED) is 0.724. The fourth-order valence-corrected chi connectivity index (χ4v) is 3.42. The van der Waals surface area contributed by atoms with Crippen LogP contribution in [0.5, 0.6) is 0 Å². The van der Waals surface area contributed by atoms with Gasteiger partial charge < -0.3 is 10.2 Å². The Bertz CT molecular complexity index is 427. The molecule has 118 valence electrons. The Balaban J connectivity index is 1.91. The van der Waals surface area contributed by atoms with E-state index in [-0.39, 0.29) is 0 Å². The molecule has 1 aliphatic rings. The Morgan fingerprint density at radius 1 is 1.24 bits per heavy atom. The highest BCUT2D eigenvalue weighted by molar-refractivity contribution is 6.31. The van der Waals surface area contributed by atoms with Gasteiger partial charge in [-0.3, -0.25) is 0 Å². The average molecular weight is 309 g/mol. The van der Waals surface area contributed by atoms with Crippen molar-refractivity contribution in [1.82, 2.24) is 5.32 Å². The minimum absolute atomic E-state index is 0.855. The molecule has 0 bridgehead atoms. The van der Waals surface area contributed by atoms with E-state index in [0.29, 0.717) is 0 Å². The van der Waals surface area contributed by atoms with Crippen LogP contribution < -0.4 is 10.2 Å². The Morgan fingerprint density at radius 2 is 2.00 bits per heavy atom. The second-order valence-corrected chi connectivity index (χ2v) is 6.74. The van der Waals surface area contributed by atoms with E-state index < -0.39 is 0 Å². The van der Waals surface area contributed by atoms with Gasteiger partial charge in [0.15, 0.2) is 0 Å². The molecule has 2 nitrogen and oxygen atoms in total. The van der Waals surface area contributed by atoms with Crippen molar-refractivity contribution < 1.29 is 0 Å². The first-order valence-corrected chi connectivity index (χ1v) is 8.78. The number of benzene rings is 1. The third-order valence-electron chi connectivity index (χ3n) is 4.48. The molecule has 2 rings (SSSR count). The molecule has 1 N–H and O–H groups in total. The van der Waals surface area contributed by atoms with E-state index >= 15 is 0 Å². The van der Waals surface area contributed by atoms with Crippen molar-refractivity contribution in [3.63, 3.8) is 0 Å². The number of anilines is 1. The minimum atomic E-state index is 0.855. The molecule has 1 aliphatic carbocycles. The summed E-state index contributed by atoms with van der Waals surface area (Å²) in [6.45, 7) is 5.24. The van der Waals surface area contributed by atoms with Crippen LogP contribution in [0.4, 0.5) is 5.69 Å². The van der Waals surface area contributed by atoms with Crippen LogP contribution in [0.1, 0.15) is 51.0 Å². The Hall–Kier alpha value is -0.730. The molecule has 0 radical (unpaired) electrons. The van der Waals surface area contributed by atoms with Gasteiger partial charge in [0, 0.05) is 30.8 Å². The highest BCUT2D eigenvalue weighted by atomic mass is 35.5. The zero-order valence-corrected chi connectivity index (χ0v) is 14.3. The first-order valence-electron chi connectivity index (χ1n) is 8.41. The molecule has 0 amide bonds. The van der Waals surface area contributed by atoms with Crippen LogP contribution in [-0.2, 0) is 6.54 Å². The molecule has 0 saturated heterocycles. The smallest absolute Gasteiger partial charge is 0.0471 e. The maximum absolute atomic E-state index is 6.43. The lowest BCUT2D eigenvalue weighted by Gasteiger charge is -2.28. The monoisotopic (exact) mass is 308 g/mol. The van der Waals surface area contributed by atoms with E-state index in [4.69, 9.17) is 11.6 Å². The maximum Gasteiger partial charge on any atom is 0.0471 e. The van der Waals surface area contributed by atoms with E-state index in [1.165, 1.54) is 43.4 Å². The molecule has 1 aromatic carbocycles. The lowest BCUT2D eigenvalue weighted by Crippen LogP contribution is -2.26. The summed E-state index contributed by atoms with van der Waals surface area (Å²) >= 11 is 6.43. The molecule has 1 saturated carbocycles. The number of hydrogen-bond acceptors (Lipinski definition) is 2. The third kappa shape index (κ3) is 5.19. The number of nitrogens with one attached hydrogen (secondary N) is 1. The summed E-state index contributed by atoms with van der Waals surface area (Å²) in [6, 6.07) is 6.49. The molecular weight excluding hydrogens is 280 g/mol. The number of nitrogens with zero attached hydrogens (tertiary/aromatic N) is 1. The fraction of sp³-hybridized carbons (Fsp3) is 0.667. The summed E-state index contributed by atoms with van der Waals surface area (Å²) in [4.78, 5) is 2.37. The molecule has 21 heavy (non-hydrogen) atoms. The van der Waals surface area contributed by atoms with Gasteiger partial charge >= 0.3 is 0 Å². The topological polar surface area (TPSA) is 15.3 Å². The van der Waals surface area contributed by atoms with Gasteiger partial charge in [-0.25, -0.2) is 0 Å². The highest BCUT2D eigenvalue weighted by Gasteiger charge is 2.16. The average Bonchev–Trinajstić information content (AvgIpc) is 2.50. The number of halogens is 1. The molecule has 0 aliphatic heterocycles. The SMILES string of the molecule is CCCNCc1ccc(N(C)CC2CCCCC2)cc1Cl. The van der Waals surface area contributed by atoms with E-state index in [0.717, 1.165) is 37.0 Å². The summed E-state index contributed by atoms with van der Waals surface area (Å²) in [5.41, 5.74) is 2.43. The molecule has 3 heteroatoms. The molecule has 0 heterocycles. The van der Waals surface area contributed by atoms with Crippen LogP contribution in [0.3, 0.4) is 0 Å². The summed E-state index contributed by atoms with van der Waals surface area (Å²) < 4.78 is 0. The molecule has 1 fully saturated rings. The standard InChI is InChI=1S/C18H29ClN2/c1-3-11-20-13-16-9-10-17(12-18(16)19)21(2)14-15-7-5-4-6-8-15/h9-10,12,15,20H,3-8,11,13-14H2,1-2H3. The van der Waals surface area contributed by atoms with Crippen LogP contribution >= 0.6 is 11.6 Å². The second-order valence-electron chi connectivity index (χ2n) is 6.34. The zero-order chi connectivity index (χ0) is 15.1. The largest absolute Gasteiger partial charge is 0.374 e. The summed E-state index contributed by atoms with van der Waals surface area (Å²) in [6.07, 6.45) is 8.15. The van der Waals surface area contributed by atoms with Gasteiger partial charge in [0.05, 0.1) is 0 Å². The predicted octanol–water partition coefficient (Wildman–Crippen LogP) is 4.86. The molecule has 0 unspecified atom stereocenters. The van der Waals surface area contributed by atoms with Crippen LogP contribution in [0.2, 0.25) is 5.02 Å². The van der Waals surface area contributed by atoms with E-state index in [1.807, 2.05) is 0 Å². The number of hydrogen-bond donors (Lipinski definition) is 1. The first kappa shape index (κ1) is 16.6. The predicted molar refractivity (Wildman–Crippen MR) is 93.3 cm³/mol. The van der Waals surface area contributed by atoms with Crippen molar-refractivity contribution in [3.8, 4) is 0 Å². The zero-order valence-electron chi connectivity index (χ0n) is 13.5. The van der Waals surface area contributed by atoms with Gasteiger partial charge in [0.1, 0.15) is 0 Å². The van der Waals surface area contributed by atoms with Gasteiger partial charge in [-0.05, 0) is 49.4 Å². The van der Waals surface area contributed by atoms with Crippen LogP contribution in [0.15, 0.2) is 18.2 Å². The van der Waals surface area contributed by atoms with Crippen molar-refractivity contribution in [3.05, 3.63) is 28.8 Å². The van der Waals surface area contributed by atoms with Gasteiger partial charge in [0.2, 0.25) is 0 Å². The molecule has 0 aromatic heterocycles. The summed E-state index contributed by atoms with van der Waals surface area (Å²) in [5.74, 6) is 0.855. The molecule has 0 spiro atoms. The van der Waals surface area contributed by atoms with E-state index in [1.54, 1.807) is 0 Å². The minimum Gasteiger partial charge on any atom is -0.374 e. The Labute approximate surface area is 134 Å². The van der Waals surface area contributed by atoms with Crippen molar-refractivity contribution in [2.45, 2.75) is 52.0 Å². The van der Waals surface area contributed by atoms with Crippen LogP contribution in [0, 0.1) is 5.92 Å². The third-order valence-corrected chi connectivity index (χ3v) is 4.83. The molecule has 1 aromatic rings. The Kier molecular flexibility index (Phi) is 6.85. The Morgan fingerprint density at radius 3 is 2.67 bits per heavy atom. The van der Waals surface area contributed by atoms with Gasteiger partial charge in [-0.2, -0.15) is 0 Å². The lowest BCUT2D eigenvalue weighted by molar-refractivity contribution is 0.362. The van der Waals surface area contributed by atoms with Crippen LogP contribution in [-0.4, -0.2) is 20.1 Å². The first-order chi connectivity index (χ1) is 10.2. The number of rotatable bonds is 7. The van der Waals surface area contributed by atoms with Crippen molar-refractivity contribution in [2.24, 2.45) is 5.92 Å². The van der Waals surface area contributed by atoms with Crippen LogP contribution in [0.25, 0.3) is 0 Å². The second kappa shape index (κ2) is 8.65. The molecular formula is C18H29ClN2. The van der Waals surface area contributed by atoms with E-state index in [9.17, 15) is 0 Å².